The van der Waals surface area contributed by atoms with Crippen LogP contribution in [0.15, 0.2) is 12.2 Å². The van der Waals surface area contributed by atoms with Crippen LogP contribution in [-0.4, -0.2) is 15.0 Å². The summed E-state index contributed by atoms with van der Waals surface area (Å²) in [6.45, 7) is 0. The highest BCUT2D eigenvalue weighted by atomic mass is 15.4. The van der Waals surface area contributed by atoms with Crippen LogP contribution in [0.5, 0.6) is 0 Å². The molecule has 0 N–H and O–H groups in total. The highest BCUT2D eigenvalue weighted by molar-refractivity contribution is 5.15. The molecule has 64 valence electrons. The Kier molecular flexibility index (Phi) is 1.94. The molecule has 1 heterocycles. The van der Waals surface area contributed by atoms with E-state index in [2.05, 4.69) is 22.5 Å². The lowest BCUT2D eigenvalue weighted by molar-refractivity contribution is 0.688. The van der Waals surface area contributed by atoms with E-state index in [0.29, 0.717) is 0 Å². The summed E-state index contributed by atoms with van der Waals surface area (Å²) in [6.07, 6.45) is 8.89. The average Bonchev–Trinajstić information content (AvgIpc) is 2.31. The van der Waals surface area contributed by atoms with Gasteiger partial charge >= 0.3 is 0 Å². The van der Waals surface area contributed by atoms with Gasteiger partial charge in [-0.3, -0.25) is 4.68 Å². The van der Waals surface area contributed by atoms with E-state index in [4.69, 9.17) is 0 Å². The molecule has 3 heteroatoms. The molecular weight excluding hydrogens is 150 g/mol. The number of hydrogen-bond acceptors (Lipinski definition) is 2. The Morgan fingerprint density at radius 1 is 1.42 bits per heavy atom. The minimum absolute atomic E-state index is 0.985. The Balaban J connectivity index is 2.34. The zero-order valence-electron chi connectivity index (χ0n) is 7.32. The molecule has 1 aliphatic carbocycles. The number of hydrogen-bond donors (Lipinski definition) is 0. The largest absolute Gasteiger partial charge is 0.252 e. The summed E-state index contributed by atoms with van der Waals surface area (Å²) in [5.74, 6) is 0. The highest BCUT2D eigenvalue weighted by Gasteiger charge is 2.09. The van der Waals surface area contributed by atoms with E-state index in [1.54, 1.807) is 0 Å². The Hall–Kier alpha value is -1.12. The van der Waals surface area contributed by atoms with Crippen LogP contribution in [0.4, 0.5) is 0 Å². The topological polar surface area (TPSA) is 30.7 Å². The minimum atomic E-state index is 0.985. The van der Waals surface area contributed by atoms with Crippen molar-refractivity contribution in [3.63, 3.8) is 0 Å². The van der Waals surface area contributed by atoms with Crippen LogP contribution in [0.1, 0.15) is 24.2 Å². The smallest absolute Gasteiger partial charge is 0.0862 e. The molecule has 3 nitrogen and oxygen atoms in total. The van der Waals surface area contributed by atoms with Crippen molar-refractivity contribution in [2.24, 2.45) is 7.05 Å². The molecular formula is C9H13N3. The maximum absolute atomic E-state index is 4.14. The monoisotopic (exact) mass is 163 g/mol. The molecule has 0 bridgehead atoms. The number of aromatic nitrogens is 3. The van der Waals surface area contributed by atoms with Gasteiger partial charge in [0.25, 0.3) is 0 Å². The fourth-order valence-corrected chi connectivity index (χ4v) is 1.56. The standard InChI is InChI=1S/C9H13N3/c1-12-9-7-5-3-2-4-6-8(9)10-11-12/h3,5H,2,4,6-7H2,1H3. The zero-order valence-corrected chi connectivity index (χ0v) is 7.32. The summed E-state index contributed by atoms with van der Waals surface area (Å²) in [5.41, 5.74) is 2.45. The molecule has 0 unspecified atom stereocenters. The Bertz CT molecular complexity index is 299. The second kappa shape index (κ2) is 3.09. The third-order valence-corrected chi connectivity index (χ3v) is 2.29. The molecule has 2 rings (SSSR count). The Morgan fingerprint density at radius 2 is 2.33 bits per heavy atom. The van der Waals surface area contributed by atoms with E-state index >= 15 is 0 Å². The van der Waals surface area contributed by atoms with Gasteiger partial charge in [0, 0.05) is 13.5 Å². The molecule has 0 aliphatic heterocycles. The second-order valence-corrected chi connectivity index (χ2v) is 3.17. The van der Waals surface area contributed by atoms with Crippen molar-refractivity contribution in [3.05, 3.63) is 23.5 Å². The molecule has 0 spiro atoms. The van der Waals surface area contributed by atoms with Gasteiger partial charge in [-0.25, -0.2) is 0 Å². The zero-order chi connectivity index (χ0) is 8.39. The van der Waals surface area contributed by atoms with E-state index in [-0.39, 0.29) is 0 Å². The first-order valence-electron chi connectivity index (χ1n) is 4.40. The molecule has 1 aromatic rings. The lowest BCUT2D eigenvalue weighted by atomic mass is 10.1. The van der Waals surface area contributed by atoms with Crippen LogP contribution in [-0.2, 0) is 19.9 Å². The number of allylic oxidation sites excluding steroid dienone is 2. The summed E-state index contributed by atoms with van der Waals surface area (Å²) < 4.78 is 1.88. The van der Waals surface area contributed by atoms with Crippen molar-refractivity contribution in [3.8, 4) is 0 Å². The van der Waals surface area contributed by atoms with Crippen LogP contribution >= 0.6 is 0 Å². The van der Waals surface area contributed by atoms with Gasteiger partial charge in [-0.05, 0) is 19.3 Å². The third-order valence-electron chi connectivity index (χ3n) is 2.29. The van der Waals surface area contributed by atoms with E-state index in [1.807, 2.05) is 11.7 Å². The molecule has 12 heavy (non-hydrogen) atoms. The first-order valence-corrected chi connectivity index (χ1v) is 4.40. The molecule has 1 aromatic heterocycles. The SMILES string of the molecule is Cn1nnc2c1CC=CCCC2. The van der Waals surface area contributed by atoms with Crippen molar-refractivity contribution in [1.82, 2.24) is 15.0 Å². The first kappa shape index (κ1) is 7.53. The first-order chi connectivity index (χ1) is 5.88. The predicted molar refractivity (Wildman–Crippen MR) is 46.8 cm³/mol. The van der Waals surface area contributed by atoms with Crippen molar-refractivity contribution < 1.29 is 0 Å². The van der Waals surface area contributed by atoms with Gasteiger partial charge in [-0.15, -0.1) is 5.10 Å². The van der Waals surface area contributed by atoms with Gasteiger partial charge in [-0.2, -0.15) is 0 Å². The van der Waals surface area contributed by atoms with Crippen molar-refractivity contribution in [2.45, 2.75) is 25.7 Å². The van der Waals surface area contributed by atoms with Crippen molar-refractivity contribution >= 4 is 0 Å². The quantitative estimate of drug-likeness (QED) is 0.539. The molecule has 0 saturated carbocycles. The molecule has 0 aromatic carbocycles. The Labute approximate surface area is 72.1 Å². The van der Waals surface area contributed by atoms with Crippen LogP contribution in [0.3, 0.4) is 0 Å². The number of fused-ring (bicyclic) bond motifs is 1. The minimum Gasteiger partial charge on any atom is -0.252 e. The molecule has 1 aliphatic rings. The van der Waals surface area contributed by atoms with Gasteiger partial charge in [0.05, 0.1) is 11.4 Å². The maximum atomic E-state index is 4.14. The molecule has 0 fully saturated rings. The predicted octanol–water partition coefficient (Wildman–Crippen LogP) is 1.25. The number of rotatable bonds is 0. The molecule has 0 amide bonds. The van der Waals surface area contributed by atoms with Crippen LogP contribution < -0.4 is 0 Å². The van der Waals surface area contributed by atoms with Crippen molar-refractivity contribution in [2.75, 3.05) is 0 Å². The lowest BCUT2D eigenvalue weighted by Crippen LogP contribution is -2.00. The second-order valence-electron chi connectivity index (χ2n) is 3.17. The van der Waals surface area contributed by atoms with Crippen LogP contribution in [0.25, 0.3) is 0 Å². The highest BCUT2D eigenvalue weighted by Crippen LogP contribution is 2.12. The van der Waals surface area contributed by atoms with Crippen LogP contribution in [0.2, 0.25) is 0 Å². The Morgan fingerprint density at radius 3 is 3.25 bits per heavy atom. The number of nitrogens with zero attached hydrogens (tertiary/aromatic N) is 3. The molecule has 0 saturated heterocycles. The van der Waals surface area contributed by atoms with E-state index in [9.17, 15) is 0 Å². The average molecular weight is 163 g/mol. The third kappa shape index (κ3) is 1.26. The lowest BCUT2D eigenvalue weighted by Gasteiger charge is -2.03. The summed E-state index contributed by atoms with van der Waals surface area (Å²) in [5, 5.41) is 8.15. The van der Waals surface area contributed by atoms with E-state index in [1.165, 1.54) is 24.2 Å². The summed E-state index contributed by atoms with van der Waals surface area (Å²) >= 11 is 0. The summed E-state index contributed by atoms with van der Waals surface area (Å²) in [7, 11) is 1.96. The fourth-order valence-electron chi connectivity index (χ4n) is 1.56. The van der Waals surface area contributed by atoms with Gasteiger partial charge in [-0.1, -0.05) is 17.4 Å². The fraction of sp³-hybridized carbons (Fsp3) is 0.556. The molecule has 0 radical (unpaired) electrons. The number of aryl methyl sites for hydroxylation is 2. The van der Waals surface area contributed by atoms with Gasteiger partial charge in [0.15, 0.2) is 0 Å². The van der Waals surface area contributed by atoms with Crippen LogP contribution in [0, 0.1) is 0 Å². The summed E-state index contributed by atoms with van der Waals surface area (Å²) in [6, 6.07) is 0. The van der Waals surface area contributed by atoms with E-state index in [0.717, 1.165) is 12.8 Å². The normalized spacial score (nSPS) is 16.8. The van der Waals surface area contributed by atoms with Gasteiger partial charge in [0.1, 0.15) is 0 Å². The summed E-state index contributed by atoms with van der Waals surface area (Å²) in [4.78, 5) is 0. The molecule has 0 atom stereocenters. The van der Waals surface area contributed by atoms with Gasteiger partial charge < -0.3 is 0 Å². The van der Waals surface area contributed by atoms with Crippen molar-refractivity contribution in [1.29, 1.82) is 0 Å². The maximum Gasteiger partial charge on any atom is 0.0862 e. The van der Waals surface area contributed by atoms with Gasteiger partial charge in [0.2, 0.25) is 0 Å². The van der Waals surface area contributed by atoms with E-state index < -0.39 is 0 Å².